The van der Waals surface area contributed by atoms with Gasteiger partial charge >= 0.3 is 0 Å². The van der Waals surface area contributed by atoms with Gasteiger partial charge in [-0.25, -0.2) is 0 Å². The molecule has 0 unspecified atom stereocenters. The molecule has 0 spiro atoms. The van der Waals surface area contributed by atoms with Crippen LogP contribution in [-0.4, -0.2) is 29.4 Å². The van der Waals surface area contributed by atoms with Gasteiger partial charge in [-0.2, -0.15) is 5.10 Å². The van der Waals surface area contributed by atoms with E-state index in [1.807, 2.05) is 19.1 Å². The molecule has 0 aromatic heterocycles. The number of phenolic OH excluding ortho intramolecular Hbond substituents is 1. The molecular weight excluding hydrogens is 390 g/mol. The van der Waals surface area contributed by atoms with Crippen molar-refractivity contribution in [3.8, 4) is 5.75 Å². The van der Waals surface area contributed by atoms with E-state index in [1.165, 1.54) is 11.3 Å². The van der Waals surface area contributed by atoms with Crippen LogP contribution in [-0.2, 0) is 6.42 Å². The fraction of sp³-hybridized carbons (Fsp3) is 0.440. The summed E-state index contributed by atoms with van der Waals surface area (Å²) in [7, 11) is 2.13. The number of anilines is 1. The zero-order chi connectivity index (χ0) is 22.4. The molecule has 0 aliphatic carbocycles. The smallest absolute Gasteiger partial charge is 0.124 e. The van der Waals surface area contributed by atoms with Gasteiger partial charge in [-0.3, -0.25) is 5.43 Å². The van der Waals surface area contributed by atoms with Gasteiger partial charge in [0.2, 0.25) is 0 Å². The fourth-order valence-electron chi connectivity index (χ4n) is 3.46. The van der Waals surface area contributed by atoms with Gasteiger partial charge in [-0.15, -0.1) is 0 Å². The first-order valence-corrected chi connectivity index (χ1v) is 11.0. The molecule has 0 amide bonds. The Hall–Kier alpha value is -2.40. The highest BCUT2D eigenvalue weighted by Gasteiger charge is 2.10. The van der Waals surface area contributed by atoms with Gasteiger partial charge in [0.15, 0.2) is 0 Å². The second kappa shape index (κ2) is 10.6. The van der Waals surface area contributed by atoms with Crippen LogP contribution in [0.1, 0.15) is 62.8 Å². The lowest BCUT2D eigenvalue weighted by atomic mass is 9.99. The van der Waals surface area contributed by atoms with Crippen molar-refractivity contribution in [1.29, 1.82) is 0 Å². The van der Waals surface area contributed by atoms with Gasteiger partial charge in [0.25, 0.3) is 0 Å². The number of aryl methyl sites for hydroxylation is 1. The molecule has 0 radical (unpaired) electrons. The number of thiocarbonyl (C=S) groups is 1. The highest BCUT2D eigenvalue weighted by molar-refractivity contribution is 7.80. The highest BCUT2D eigenvalue weighted by atomic mass is 32.1. The SMILES string of the molecule is C/C(=N\NC(=S)Cc1ccc(C)c(N(C)CC(C)C)c1)c1cc(C(C)C)ccc1O. The summed E-state index contributed by atoms with van der Waals surface area (Å²) in [5.41, 5.74) is 9.24. The summed E-state index contributed by atoms with van der Waals surface area (Å²) >= 11 is 5.52. The van der Waals surface area contributed by atoms with Crippen molar-refractivity contribution in [1.82, 2.24) is 5.43 Å². The van der Waals surface area contributed by atoms with Crippen LogP contribution in [0.4, 0.5) is 5.69 Å². The molecule has 0 bridgehead atoms. The van der Waals surface area contributed by atoms with Gasteiger partial charge < -0.3 is 10.0 Å². The maximum absolute atomic E-state index is 10.2. The van der Waals surface area contributed by atoms with Crippen molar-refractivity contribution in [2.24, 2.45) is 11.0 Å². The molecule has 162 valence electrons. The molecule has 0 heterocycles. The van der Waals surface area contributed by atoms with E-state index in [1.54, 1.807) is 6.07 Å². The van der Waals surface area contributed by atoms with Crippen molar-refractivity contribution in [2.45, 2.75) is 53.9 Å². The third kappa shape index (κ3) is 6.56. The molecule has 2 aromatic rings. The molecule has 5 heteroatoms. The summed E-state index contributed by atoms with van der Waals surface area (Å²) in [5, 5.41) is 14.6. The van der Waals surface area contributed by atoms with Crippen LogP contribution in [0.25, 0.3) is 0 Å². The van der Waals surface area contributed by atoms with Gasteiger partial charge in [0.1, 0.15) is 10.7 Å². The van der Waals surface area contributed by atoms with Crippen LogP contribution < -0.4 is 10.3 Å². The van der Waals surface area contributed by atoms with Crippen LogP contribution in [0, 0.1) is 12.8 Å². The highest BCUT2D eigenvalue weighted by Crippen LogP contribution is 2.24. The number of phenols is 1. The molecule has 0 aliphatic rings. The Morgan fingerprint density at radius 2 is 1.83 bits per heavy atom. The van der Waals surface area contributed by atoms with Crippen LogP contribution in [0.3, 0.4) is 0 Å². The monoisotopic (exact) mass is 425 g/mol. The number of benzene rings is 2. The Morgan fingerprint density at radius 3 is 2.47 bits per heavy atom. The Morgan fingerprint density at radius 1 is 1.13 bits per heavy atom. The summed E-state index contributed by atoms with van der Waals surface area (Å²) in [5.74, 6) is 1.21. The third-order valence-corrected chi connectivity index (χ3v) is 5.35. The summed E-state index contributed by atoms with van der Waals surface area (Å²) in [4.78, 5) is 2.95. The zero-order valence-electron chi connectivity index (χ0n) is 19.3. The normalized spacial score (nSPS) is 11.8. The van der Waals surface area contributed by atoms with Crippen molar-refractivity contribution in [3.63, 3.8) is 0 Å². The van der Waals surface area contributed by atoms with E-state index in [0.29, 0.717) is 29.0 Å². The molecule has 2 N–H and O–H groups in total. The lowest BCUT2D eigenvalue weighted by Gasteiger charge is -2.24. The second-order valence-electron chi connectivity index (χ2n) is 8.74. The summed E-state index contributed by atoms with van der Waals surface area (Å²) < 4.78 is 0. The predicted molar refractivity (Wildman–Crippen MR) is 133 cm³/mol. The topological polar surface area (TPSA) is 47.9 Å². The van der Waals surface area contributed by atoms with Crippen LogP contribution in [0.15, 0.2) is 41.5 Å². The first-order chi connectivity index (χ1) is 14.1. The van der Waals surface area contributed by atoms with Crippen LogP contribution in [0.2, 0.25) is 0 Å². The van der Waals surface area contributed by atoms with E-state index in [2.05, 4.69) is 75.3 Å². The van der Waals surface area contributed by atoms with Gasteiger partial charge in [-0.05, 0) is 60.6 Å². The van der Waals surface area contributed by atoms with E-state index >= 15 is 0 Å². The number of nitrogens with zero attached hydrogens (tertiary/aromatic N) is 2. The lowest BCUT2D eigenvalue weighted by Crippen LogP contribution is -2.24. The number of rotatable bonds is 8. The summed E-state index contributed by atoms with van der Waals surface area (Å²) in [6, 6.07) is 12.1. The molecule has 0 atom stereocenters. The molecule has 2 rings (SSSR count). The zero-order valence-corrected chi connectivity index (χ0v) is 20.1. The van der Waals surface area contributed by atoms with Gasteiger partial charge in [0.05, 0.1) is 5.71 Å². The maximum Gasteiger partial charge on any atom is 0.124 e. The Balaban J connectivity index is 2.10. The van der Waals surface area contributed by atoms with Crippen molar-refractivity contribution in [3.05, 3.63) is 58.7 Å². The first kappa shape index (κ1) is 23.9. The van der Waals surface area contributed by atoms with Crippen LogP contribution in [0.5, 0.6) is 5.75 Å². The Labute approximate surface area is 187 Å². The number of aromatic hydroxyl groups is 1. The standard InChI is InChI=1S/C25H35N3OS/c1-16(2)15-28(7)23-12-20(9-8-18(23)5)13-25(30)27-26-19(6)22-14-21(17(3)4)10-11-24(22)29/h8-12,14,16-17,29H,13,15H2,1-7H3,(H,27,30)/b26-19+. The number of hydrogen-bond donors (Lipinski definition) is 2. The molecule has 30 heavy (non-hydrogen) atoms. The predicted octanol–water partition coefficient (Wildman–Crippen LogP) is 5.80. The van der Waals surface area contributed by atoms with E-state index in [-0.39, 0.29) is 5.75 Å². The largest absolute Gasteiger partial charge is 0.507 e. The molecule has 4 nitrogen and oxygen atoms in total. The molecule has 0 saturated heterocycles. The third-order valence-electron chi connectivity index (χ3n) is 5.11. The van der Waals surface area contributed by atoms with Gasteiger partial charge in [0, 0.05) is 31.3 Å². The van der Waals surface area contributed by atoms with E-state index < -0.39 is 0 Å². The molecule has 0 aliphatic heterocycles. The Kier molecular flexibility index (Phi) is 8.42. The van der Waals surface area contributed by atoms with Crippen molar-refractivity contribution in [2.75, 3.05) is 18.5 Å². The van der Waals surface area contributed by atoms with Crippen molar-refractivity contribution >= 4 is 28.6 Å². The van der Waals surface area contributed by atoms with Crippen molar-refractivity contribution < 1.29 is 5.11 Å². The fourth-order valence-corrected chi connectivity index (χ4v) is 3.67. The summed E-state index contributed by atoms with van der Waals surface area (Å²) in [6.07, 6.45) is 0.618. The molecule has 2 aromatic carbocycles. The van der Waals surface area contributed by atoms with Gasteiger partial charge in [-0.1, -0.05) is 58.1 Å². The Bertz CT molecular complexity index is 919. The van der Waals surface area contributed by atoms with E-state index in [4.69, 9.17) is 12.2 Å². The molecular formula is C25H35N3OS. The minimum absolute atomic E-state index is 0.227. The minimum atomic E-state index is 0.227. The molecule has 0 fully saturated rings. The number of hydrazone groups is 1. The van der Waals surface area contributed by atoms with Crippen LogP contribution >= 0.6 is 12.2 Å². The quantitative estimate of drug-likeness (QED) is 0.319. The van der Waals surface area contributed by atoms with E-state index in [0.717, 1.165) is 23.2 Å². The number of nitrogens with one attached hydrogen (secondary N) is 1. The average Bonchev–Trinajstić information content (AvgIpc) is 2.67. The van der Waals surface area contributed by atoms with E-state index in [9.17, 15) is 5.11 Å². The first-order valence-electron chi connectivity index (χ1n) is 10.6. The second-order valence-corrected chi connectivity index (χ2v) is 9.23. The number of hydrogen-bond acceptors (Lipinski definition) is 4. The maximum atomic E-state index is 10.2. The summed E-state index contributed by atoms with van der Waals surface area (Å²) in [6.45, 7) is 13.7. The lowest BCUT2D eigenvalue weighted by molar-refractivity contribution is 0.473. The minimum Gasteiger partial charge on any atom is -0.507 e. The molecule has 0 saturated carbocycles. The average molecular weight is 426 g/mol.